The number of nitrogens with zero attached hydrogens (tertiary/aromatic N) is 2. The molecule has 0 saturated carbocycles. The lowest BCUT2D eigenvalue weighted by molar-refractivity contribution is -0.122. The van der Waals surface area contributed by atoms with E-state index in [1.54, 1.807) is 14.0 Å². The lowest BCUT2D eigenvalue weighted by Gasteiger charge is -2.23. The zero-order valence-corrected chi connectivity index (χ0v) is 13.7. The first-order chi connectivity index (χ1) is 9.76. The molecule has 1 amide bonds. The number of aromatic nitrogens is 2. The third-order valence-electron chi connectivity index (χ3n) is 3.77. The average Bonchev–Trinajstić information content (AvgIpc) is 2.66. The van der Waals surface area contributed by atoms with E-state index < -0.39 is 5.60 Å². The summed E-state index contributed by atoms with van der Waals surface area (Å²) in [6.07, 6.45) is 1.55. The van der Waals surface area contributed by atoms with Gasteiger partial charge in [-0.1, -0.05) is 0 Å². The normalized spacial score (nSPS) is 14.0. The van der Waals surface area contributed by atoms with Gasteiger partial charge in [0.1, 0.15) is 0 Å². The van der Waals surface area contributed by atoms with E-state index in [-0.39, 0.29) is 12.5 Å². The second kappa shape index (κ2) is 7.56. The average molecular weight is 297 g/mol. The maximum Gasteiger partial charge on any atom is 0.220 e. The number of aliphatic hydroxyl groups is 1. The smallest absolute Gasteiger partial charge is 0.220 e. The van der Waals surface area contributed by atoms with Gasteiger partial charge in [0.15, 0.2) is 0 Å². The van der Waals surface area contributed by atoms with Crippen LogP contribution in [0.3, 0.4) is 0 Å². The lowest BCUT2D eigenvalue weighted by Crippen LogP contribution is -2.41. The zero-order chi connectivity index (χ0) is 16.0. The molecule has 0 saturated heterocycles. The van der Waals surface area contributed by atoms with Gasteiger partial charge in [-0.2, -0.15) is 5.10 Å². The minimum absolute atomic E-state index is 0.0599. The van der Waals surface area contributed by atoms with Crippen molar-refractivity contribution in [3.05, 3.63) is 17.0 Å². The highest BCUT2D eigenvalue weighted by Gasteiger charge is 2.21. The molecule has 0 aliphatic heterocycles. The Morgan fingerprint density at radius 2 is 2.14 bits per heavy atom. The molecule has 0 radical (unpaired) electrons. The van der Waals surface area contributed by atoms with Crippen molar-refractivity contribution in [1.29, 1.82) is 0 Å². The summed E-state index contributed by atoms with van der Waals surface area (Å²) >= 11 is 0. The monoisotopic (exact) mass is 297 g/mol. The van der Waals surface area contributed by atoms with Gasteiger partial charge in [-0.05, 0) is 32.8 Å². The maximum atomic E-state index is 11.9. The van der Waals surface area contributed by atoms with Crippen molar-refractivity contribution < 1.29 is 14.6 Å². The van der Waals surface area contributed by atoms with Gasteiger partial charge in [0.05, 0.1) is 11.3 Å². The van der Waals surface area contributed by atoms with Crippen LogP contribution >= 0.6 is 0 Å². The number of hydrogen-bond donors (Lipinski definition) is 2. The van der Waals surface area contributed by atoms with Gasteiger partial charge in [-0.3, -0.25) is 9.48 Å². The Bertz CT molecular complexity index is 481. The number of carbonyl (C=O) groups is 1. The van der Waals surface area contributed by atoms with E-state index in [9.17, 15) is 9.90 Å². The predicted molar refractivity (Wildman–Crippen MR) is 81.1 cm³/mol. The van der Waals surface area contributed by atoms with E-state index >= 15 is 0 Å². The summed E-state index contributed by atoms with van der Waals surface area (Å²) in [6, 6.07) is 0. The van der Waals surface area contributed by atoms with E-state index in [1.807, 2.05) is 25.6 Å². The molecule has 0 aromatic carbocycles. The van der Waals surface area contributed by atoms with E-state index in [0.29, 0.717) is 25.9 Å². The molecule has 1 unspecified atom stereocenters. The lowest BCUT2D eigenvalue weighted by atomic mass is 10.0. The Balaban J connectivity index is 2.41. The SMILES string of the molecule is COCCC(C)(O)CNC(=O)CCc1c(C)nn(C)c1C. The Kier molecular flexibility index (Phi) is 6.36. The summed E-state index contributed by atoms with van der Waals surface area (Å²) in [6.45, 7) is 6.36. The van der Waals surface area contributed by atoms with Crippen LogP contribution in [0, 0.1) is 13.8 Å². The van der Waals surface area contributed by atoms with Gasteiger partial charge in [-0.15, -0.1) is 0 Å². The highest BCUT2D eigenvalue weighted by molar-refractivity contribution is 5.76. The largest absolute Gasteiger partial charge is 0.388 e. The molecule has 6 heteroatoms. The molecule has 0 bridgehead atoms. The van der Waals surface area contributed by atoms with Gasteiger partial charge >= 0.3 is 0 Å². The molecule has 6 nitrogen and oxygen atoms in total. The molecule has 0 spiro atoms. The van der Waals surface area contributed by atoms with Crippen LogP contribution in [0.1, 0.15) is 36.7 Å². The summed E-state index contributed by atoms with van der Waals surface area (Å²) in [4.78, 5) is 11.9. The van der Waals surface area contributed by atoms with Crippen LogP contribution < -0.4 is 5.32 Å². The molecule has 0 fully saturated rings. The van der Waals surface area contributed by atoms with Crippen LogP contribution in [-0.2, 0) is 23.0 Å². The number of hydrogen-bond acceptors (Lipinski definition) is 4. The Hall–Kier alpha value is -1.40. The quantitative estimate of drug-likeness (QED) is 0.746. The molecule has 120 valence electrons. The number of methoxy groups -OCH3 is 1. The summed E-state index contributed by atoms with van der Waals surface area (Å²) in [5, 5.41) is 17.2. The van der Waals surface area contributed by atoms with E-state index in [1.165, 1.54) is 0 Å². The number of amides is 1. The van der Waals surface area contributed by atoms with Crippen molar-refractivity contribution in [2.75, 3.05) is 20.3 Å². The molecule has 0 aliphatic carbocycles. The summed E-state index contributed by atoms with van der Waals surface area (Å²) in [5.74, 6) is -0.0599. The minimum atomic E-state index is -0.939. The molecule has 2 N–H and O–H groups in total. The molecule has 1 rings (SSSR count). The zero-order valence-electron chi connectivity index (χ0n) is 13.7. The van der Waals surface area contributed by atoms with Crippen LogP contribution in [0.15, 0.2) is 0 Å². The fourth-order valence-corrected chi connectivity index (χ4v) is 2.21. The molecule has 1 aromatic rings. The van der Waals surface area contributed by atoms with Gasteiger partial charge in [0.2, 0.25) is 5.91 Å². The molecule has 21 heavy (non-hydrogen) atoms. The fourth-order valence-electron chi connectivity index (χ4n) is 2.21. The van der Waals surface area contributed by atoms with Crippen LogP contribution in [-0.4, -0.2) is 46.7 Å². The first kappa shape index (κ1) is 17.7. The van der Waals surface area contributed by atoms with Gasteiger partial charge in [0.25, 0.3) is 0 Å². The second-order valence-electron chi connectivity index (χ2n) is 5.79. The fraction of sp³-hybridized carbons (Fsp3) is 0.733. The van der Waals surface area contributed by atoms with Gasteiger partial charge in [0, 0.05) is 45.8 Å². The first-order valence-corrected chi connectivity index (χ1v) is 7.24. The summed E-state index contributed by atoms with van der Waals surface area (Å²) in [7, 11) is 3.49. The van der Waals surface area contributed by atoms with Crippen LogP contribution in [0.25, 0.3) is 0 Å². The van der Waals surface area contributed by atoms with Crippen molar-refractivity contribution in [1.82, 2.24) is 15.1 Å². The van der Waals surface area contributed by atoms with Crippen molar-refractivity contribution in [3.8, 4) is 0 Å². The van der Waals surface area contributed by atoms with Crippen molar-refractivity contribution >= 4 is 5.91 Å². The highest BCUT2D eigenvalue weighted by Crippen LogP contribution is 2.14. The first-order valence-electron chi connectivity index (χ1n) is 7.24. The minimum Gasteiger partial charge on any atom is -0.388 e. The Labute approximate surface area is 126 Å². The van der Waals surface area contributed by atoms with Crippen LogP contribution in [0.2, 0.25) is 0 Å². The number of carbonyl (C=O) groups excluding carboxylic acids is 1. The van der Waals surface area contributed by atoms with Gasteiger partial charge in [-0.25, -0.2) is 0 Å². The maximum absolute atomic E-state index is 11.9. The predicted octanol–water partition coefficient (Wildman–Crippen LogP) is 0.873. The van der Waals surface area contributed by atoms with Gasteiger partial charge < -0.3 is 15.2 Å². The molecular weight excluding hydrogens is 270 g/mol. The topological polar surface area (TPSA) is 76.4 Å². The van der Waals surface area contributed by atoms with E-state index in [4.69, 9.17) is 4.74 Å². The van der Waals surface area contributed by atoms with Crippen molar-refractivity contribution in [3.63, 3.8) is 0 Å². The molecule has 0 aliphatic rings. The number of aryl methyl sites for hydroxylation is 2. The Morgan fingerprint density at radius 3 is 2.67 bits per heavy atom. The highest BCUT2D eigenvalue weighted by atomic mass is 16.5. The van der Waals surface area contributed by atoms with Crippen molar-refractivity contribution in [2.24, 2.45) is 7.05 Å². The standard InChI is InChI=1S/C15H27N3O3/c1-11-13(12(2)18(4)17-11)6-7-14(19)16-10-15(3,20)8-9-21-5/h20H,6-10H2,1-5H3,(H,16,19). The van der Waals surface area contributed by atoms with Crippen LogP contribution in [0.5, 0.6) is 0 Å². The molecule has 1 atom stereocenters. The molecule has 1 aromatic heterocycles. The van der Waals surface area contributed by atoms with Crippen molar-refractivity contribution in [2.45, 2.75) is 45.6 Å². The third-order valence-corrected chi connectivity index (χ3v) is 3.77. The Morgan fingerprint density at radius 1 is 1.48 bits per heavy atom. The second-order valence-corrected chi connectivity index (χ2v) is 5.79. The van der Waals surface area contributed by atoms with E-state index in [0.717, 1.165) is 17.0 Å². The number of ether oxygens (including phenoxy) is 1. The molecule has 1 heterocycles. The van der Waals surface area contributed by atoms with Crippen LogP contribution in [0.4, 0.5) is 0 Å². The number of rotatable bonds is 8. The molecular formula is C15H27N3O3. The third kappa shape index (κ3) is 5.47. The van der Waals surface area contributed by atoms with E-state index in [2.05, 4.69) is 10.4 Å². The number of nitrogens with one attached hydrogen (secondary N) is 1. The summed E-state index contributed by atoms with van der Waals surface area (Å²) < 4.78 is 6.77. The summed E-state index contributed by atoms with van der Waals surface area (Å²) in [5.41, 5.74) is 2.24.